The van der Waals surface area contributed by atoms with E-state index in [0.29, 0.717) is 6.54 Å². The van der Waals surface area contributed by atoms with Crippen molar-refractivity contribution in [1.82, 2.24) is 9.80 Å². The van der Waals surface area contributed by atoms with Crippen molar-refractivity contribution in [3.05, 3.63) is 72.7 Å². The smallest absolute Gasteiger partial charge is 0.275 e. The number of amides is 1. The maximum Gasteiger partial charge on any atom is 0.275 e. The SMILES string of the molecule is C=C(C)C1=CCC(CC2(CC(=NC(=O)C(C)O)N(CC)C(=C)C)CCCC2)=CC=C1.C=CN(C)CC. The molecule has 2 aliphatic rings. The molecular formula is C31H49N3O2. The molecule has 0 bridgehead atoms. The summed E-state index contributed by atoms with van der Waals surface area (Å²) in [5, 5.41) is 9.72. The first-order valence-corrected chi connectivity index (χ1v) is 13.3. The van der Waals surface area contributed by atoms with E-state index in [1.54, 1.807) is 6.20 Å². The predicted octanol–water partition coefficient (Wildman–Crippen LogP) is 6.96. The monoisotopic (exact) mass is 495 g/mol. The van der Waals surface area contributed by atoms with E-state index in [4.69, 9.17) is 0 Å². The molecule has 5 nitrogen and oxygen atoms in total. The summed E-state index contributed by atoms with van der Waals surface area (Å²) in [7, 11) is 1.99. The van der Waals surface area contributed by atoms with Gasteiger partial charge in [-0.15, -0.1) is 0 Å². The molecule has 1 N–H and O–H groups in total. The Bertz CT molecular complexity index is 899. The lowest BCUT2D eigenvalue weighted by Gasteiger charge is -2.35. The number of allylic oxidation sites excluding steroid dienone is 8. The first-order chi connectivity index (χ1) is 17.0. The van der Waals surface area contributed by atoms with Gasteiger partial charge in [-0.1, -0.05) is 68.0 Å². The van der Waals surface area contributed by atoms with Crippen LogP contribution < -0.4 is 0 Å². The van der Waals surface area contributed by atoms with Gasteiger partial charge in [-0.2, -0.15) is 4.99 Å². The Hall–Kier alpha value is -2.66. The molecule has 1 fully saturated rings. The number of rotatable bonds is 10. The number of amidine groups is 1. The van der Waals surface area contributed by atoms with E-state index < -0.39 is 12.0 Å². The molecule has 0 aromatic heterocycles. The molecule has 1 unspecified atom stereocenters. The highest BCUT2D eigenvalue weighted by Gasteiger charge is 2.37. The number of hydrogen-bond acceptors (Lipinski definition) is 3. The van der Waals surface area contributed by atoms with Gasteiger partial charge < -0.3 is 14.9 Å². The van der Waals surface area contributed by atoms with Crippen LogP contribution in [0.1, 0.15) is 79.6 Å². The van der Waals surface area contributed by atoms with E-state index in [2.05, 4.69) is 56.0 Å². The number of carbonyl (C=O) groups is 1. The van der Waals surface area contributed by atoms with Crippen LogP contribution in [0.25, 0.3) is 0 Å². The molecule has 0 aliphatic heterocycles. The first-order valence-electron chi connectivity index (χ1n) is 13.3. The molecule has 2 rings (SSSR count). The van der Waals surface area contributed by atoms with E-state index in [1.165, 1.54) is 30.9 Å². The van der Waals surface area contributed by atoms with Crippen LogP contribution in [0.3, 0.4) is 0 Å². The second kappa shape index (κ2) is 15.5. The molecule has 2 aliphatic carbocycles. The molecule has 0 spiro atoms. The van der Waals surface area contributed by atoms with Gasteiger partial charge in [0.25, 0.3) is 5.91 Å². The summed E-state index contributed by atoms with van der Waals surface area (Å²) in [5.74, 6) is 0.254. The molecule has 0 aromatic rings. The zero-order valence-corrected chi connectivity index (χ0v) is 23.6. The predicted molar refractivity (Wildman–Crippen MR) is 155 cm³/mol. The normalized spacial score (nSPS) is 17.6. The topological polar surface area (TPSA) is 56.1 Å². The van der Waals surface area contributed by atoms with Gasteiger partial charge in [0.15, 0.2) is 0 Å². The third-order valence-electron chi connectivity index (χ3n) is 6.98. The second-order valence-electron chi connectivity index (χ2n) is 10.2. The van der Waals surface area contributed by atoms with Gasteiger partial charge in [0, 0.05) is 32.3 Å². The van der Waals surface area contributed by atoms with Gasteiger partial charge in [0.1, 0.15) is 11.9 Å². The number of carbonyl (C=O) groups excluding carboxylic acids is 1. The fraction of sp³-hybridized carbons (Fsp3) is 0.548. The van der Waals surface area contributed by atoms with Crippen molar-refractivity contribution in [2.24, 2.45) is 10.4 Å². The minimum Gasteiger partial charge on any atom is -0.383 e. The van der Waals surface area contributed by atoms with E-state index in [9.17, 15) is 9.90 Å². The van der Waals surface area contributed by atoms with Crippen molar-refractivity contribution < 1.29 is 9.90 Å². The van der Waals surface area contributed by atoms with Crippen LogP contribution >= 0.6 is 0 Å². The maximum absolute atomic E-state index is 12.3. The van der Waals surface area contributed by atoms with Crippen LogP contribution in [0.4, 0.5) is 0 Å². The molecule has 0 radical (unpaired) electrons. The Kier molecular flexibility index (Phi) is 13.5. The highest BCUT2D eigenvalue weighted by atomic mass is 16.3. The van der Waals surface area contributed by atoms with Crippen LogP contribution in [0.15, 0.2) is 77.6 Å². The van der Waals surface area contributed by atoms with Crippen molar-refractivity contribution in [3.8, 4) is 0 Å². The summed E-state index contributed by atoms with van der Waals surface area (Å²) in [6.07, 6.45) is 16.8. The Morgan fingerprint density at radius 2 is 1.86 bits per heavy atom. The van der Waals surface area contributed by atoms with Crippen LogP contribution in [0.5, 0.6) is 0 Å². The summed E-state index contributed by atoms with van der Waals surface area (Å²) in [4.78, 5) is 20.7. The average molecular weight is 496 g/mol. The van der Waals surface area contributed by atoms with Gasteiger partial charge >= 0.3 is 0 Å². The minimum absolute atomic E-state index is 0.0852. The number of aliphatic hydroxyl groups is 1. The lowest BCUT2D eigenvalue weighted by atomic mass is 9.75. The van der Waals surface area contributed by atoms with E-state index in [-0.39, 0.29) is 5.41 Å². The highest BCUT2D eigenvalue weighted by molar-refractivity contribution is 5.97. The summed E-state index contributed by atoms with van der Waals surface area (Å²) in [6.45, 7) is 23.0. The van der Waals surface area contributed by atoms with Crippen LogP contribution in [0.2, 0.25) is 0 Å². The molecule has 0 saturated heterocycles. The zero-order chi connectivity index (χ0) is 27.3. The van der Waals surface area contributed by atoms with E-state index in [1.807, 2.05) is 37.6 Å². The van der Waals surface area contributed by atoms with Crippen molar-refractivity contribution >= 4 is 11.7 Å². The van der Waals surface area contributed by atoms with Gasteiger partial charge in [-0.3, -0.25) is 4.79 Å². The summed E-state index contributed by atoms with van der Waals surface area (Å²) in [6, 6.07) is 0. The fourth-order valence-corrected chi connectivity index (χ4v) is 4.69. The third kappa shape index (κ3) is 10.1. The minimum atomic E-state index is -1.09. The standard InChI is InChI=1S/C26H38N2O2.C5H11N/c1-7-28(20(4)5)24(27-25(30)21(6)29)18-26(15-8-9-16-26)17-22-11-10-12-23(14-13-22)19(2)3;1-4-6(3)5-2/h10-12,14,21,29H,2,4,7-9,13,15-18H2,1,3,5-6H3;4H,1,5H2,2-3H3. The molecule has 1 amide bonds. The van der Waals surface area contributed by atoms with Crippen LogP contribution in [-0.4, -0.2) is 52.9 Å². The third-order valence-corrected chi connectivity index (χ3v) is 6.98. The van der Waals surface area contributed by atoms with E-state index in [0.717, 1.165) is 55.8 Å². The van der Waals surface area contributed by atoms with Gasteiger partial charge in [-0.25, -0.2) is 0 Å². The molecule has 36 heavy (non-hydrogen) atoms. The largest absolute Gasteiger partial charge is 0.383 e. The molecule has 1 atom stereocenters. The van der Waals surface area contributed by atoms with Crippen molar-refractivity contribution in [2.75, 3.05) is 20.1 Å². The average Bonchev–Trinajstić information content (AvgIpc) is 3.14. The fourth-order valence-electron chi connectivity index (χ4n) is 4.69. The van der Waals surface area contributed by atoms with Gasteiger partial charge in [0.05, 0.1) is 0 Å². The quantitative estimate of drug-likeness (QED) is 0.263. The van der Waals surface area contributed by atoms with Gasteiger partial charge in [0.2, 0.25) is 0 Å². The second-order valence-corrected chi connectivity index (χ2v) is 10.2. The van der Waals surface area contributed by atoms with Crippen molar-refractivity contribution in [3.63, 3.8) is 0 Å². The van der Waals surface area contributed by atoms with Crippen molar-refractivity contribution in [2.45, 2.75) is 85.7 Å². The molecule has 200 valence electrons. The number of aliphatic imine (C=N–C) groups is 1. The van der Waals surface area contributed by atoms with Crippen LogP contribution in [0, 0.1) is 5.41 Å². The van der Waals surface area contributed by atoms with Crippen LogP contribution in [-0.2, 0) is 4.79 Å². The highest BCUT2D eigenvalue weighted by Crippen LogP contribution is 2.47. The summed E-state index contributed by atoms with van der Waals surface area (Å²) >= 11 is 0. The summed E-state index contributed by atoms with van der Waals surface area (Å²) in [5.41, 5.74) is 4.65. The lowest BCUT2D eigenvalue weighted by Crippen LogP contribution is -2.35. The first kappa shape index (κ1) is 31.4. The Morgan fingerprint density at radius 3 is 2.31 bits per heavy atom. The zero-order valence-electron chi connectivity index (χ0n) is 23.6. The molecule has 5 heteroatoms. The molecule has 0 aromatic carbocycles. The van der Waals surface area contributed by atoms with E-state index >= 15 is 0 Å². The Morgan fingerprint density at radius 1 is 1.22 bits per heavy atom. The Labute approximate surface area is 220 Å². The lowest BCUT2D eigenvalue weighted by molar-refractivity contribution is -0.124. The number of aliphatic hydroxyl groups excluding tert-OH is 1. The van der Waals surface area contributed by atoms with Gasteiger partial charge in [-0.05, 0) is 77.5 Å². The maximum atomic E-state index is 12.3. The number of nitrogens with zero attached hydrogens (tertiary/aromatic N) is 3. The molecule has 1 saturated carbocycles. The Balaban J connectivity index is 0.000000960. The van der Waals surface area contributed by atoms with Crippen molar-refractivity contribution in [1.29, 1.82) is 0 Å². The molecular weight excluding hydrogens is 446 g/mol. The molecule has 0 heterocycles. The number of hydrogen-bond donors (Lipinski definition) is 1. The summed E-state index contributed by atoms with van der Waals surface area (Å²) < 4.78 is 0.